The van der Waals surface area contributed by atoms with Gasteiger partial charge in [-0.1, -0.05) is 77.7 Å². The molecule has 0 saturated heterocycles. The molecule has 3 rings (SSSR count). The van der Waals surface area contributed by atoms with Crippen molar-refractivity contribution in [3.63, 3.8) is 0 Å². The second-order valence-corrected chi connectivity index (χ2v) is 10.7. The van der Waals surface area contributed by atoms with E-state index < -0.39 is 11.6 Å². The first-order chi connectivity index (χ1) is 19.0. The maximum absolute atomic E-state index is 14.6. The molecule has 0 aliphatic carbocycles. The third-order valence-electron chi connectivity index (χ3n) is 7.86. The van der Waals surface area contributed by atoms with E-state index in [0.29, 0.717) is 12.3 Å². The molecule has 0 atom stereocenters. The Bertz CT molecular complexity index is 1060. The molecular weight excluding hydrogens is 494 g/mol. The Morgan fingerprint density at radius 1 is 0.846 bits per heavy atom. The summed E-state index contributed by atoms with van der Waals surface area (Å²) in [7, 11) is 3.36. The Labute approximate surface area is 234 Å². The van der Waals surface area contributed by atoms with Gasteiger partial charge in [0.1, 0.15) is 18.2 Å². The van der Waals surface area contributed by atoms with Gasteiger partial charge in [-0.05, 0) is 36.6 Å². The van der Waals surface area contributed by atoms with Crippen molar-refractivity contribution < 1.29 is 22.8 Å². The normalized spacial score (nSPS) is 13.0. The van der Waals surface area contributed by atoms with Crippen LogP contribution in [0.1, 0.15) is 108 Å². The molecule has 0 radical (unpaired) electrons. The van der Waals surface area contributed by atoms with Gasteiger partial charge in [0.25, 0.3) is 0 Å². The van der Waals surface area contributed by atoms with E-state index >= 15 is 0 Å². The van der Waals surface area contributed by atoms with Crippen molar-refractivity contribution in [1.29, 1.82) is 0 Å². The summed E-state index contributed by atoms with van der Waals surface area (Å²) in [6.45, 7) is 6.25. The Kier molecular flexibility index (Phi) is 13.1. The fourth-order valence-corrected chi connectivity index (χ4v) is 5.65. The number of hydrogen-bond acceptors (Lipinski definition) is 3. The van der Waals surface area contributed by atoms with E-state index in [2.05, 4.69) is 29.8 Å². The van der Waals surface area contributed by atoms with Crippen LogP contribution in [0.25, 0.3) is 0 Å². The first-order valence-electron chi connectivity index (χ1n) is 15.1. The molecule has 1 heterocycles. The van der Waals surface area contributed by atoms with Crippen LogP contribution in [0.2, 0.25) is 0 Å². The second kappa shape index (κ2) is 16.5. The van der Waals surface area contributed by atoms with Gasteiger partial charge in [0.05, 0.1) is 31.0 Å². The van der Waals surface area contributed by atoms with Crippen LogP contribution in [-0.2, 0) is 13.0 Å². The standard InChI is InChI=1S/C33H49F2N2O2/c1-5-7-9-11-13-15-21-36-32-25-20-22-37(24-27-28(34)17-16-18-29(27)35)30(19-14-12-10-8-6-2)26(25)23-31(38-3)33(32)39-4/h16-18,23,36H,5-15,19-22,24H2,1-4H3/q+1. The number of benzene rings is 2. The van der Waals surface area contributed by atoms with Crippen LogP contribution in [-0.4, -0.2) is 37.6 Å². The summed E-state index contributed by atoms with van der Waals surface area (Å²) in [6.07, 6.45) is 14.9. The Morgan fingerprint density at radius 2 is 1.49 bits per heavy atom. The monoisotopic (exact) mass is 543 g/mol. The molecule has 0 spiro atoms. The maximum atomic E-state index is 14.6. The van der Waals surface area contributed by atoms with Crippen molar-refractivity contribution in [1.82, 2.24) is 0 Å². The van der Waals surface area contributed by atoms with E-state index in [1.165, 1.54) is 75.1 Å². The van der Waals surface area contributed by atoms with Crippen LogP contribution in [0.5, 0.6) is 11.5 Å². The van der Waals surface area contributed by atoms with E-state index in [-0.39, 0.29) is 12.1 Å². The molecule has 2 aromatic rings. The fourth-order valence-electron chi connectivity index (χ4n) is 5.65. The summed E-state index contributed by atoms with van der Waals surface area (Å²) in [5.74, 6) is 0.440. The van der Waals surface area contributed by atoms with Crippen molar-refractivity contribution in [2.75, 3.05) is 32.6 Å². The van der Waals surface area contributed by atoms with Gasteiger partial charge in [-0.2, -0.15) is 0 Å². The zero-order valence-electron chi connectivity index (χ0n) is 24.6. The van der Waals surface area contributed by atoms with Gasteiger partial charge >= 0.3 is 0 Å². The molecule has 6 heteroatoms. The molecule has 0 fully saturated rings. The molecule has 39 heavy (non-hydrogen) atoms. The minimum absolute atomic E-state index is 0.131. The number of halogens is 2. The van der Waals surface area contributed by atoms with E-state index in [4.69, 9.17) is 9.47 Å². The molecular formula is C33H49F2N2O2+. The van der Waals surface area contributed by atoms with Crippen molar-refractivity contribution in [3.8, 4) is 11.5 Å². The topological polar surface area (TPSA) is 33.5 Å². The summed E-state index contributed by atoms with van der Waals surface area (Å²) in [4.78, 5) is 0. The molecule has 4 nitrogen and oxygen atoms in total. The van der Waals surface area contributed by atoms with E-state index in [9.17, 15) is 8.78 Å². The quantitative estimate of drug-likeness (QED) is 0.151. The SMILES string of the molecule is CCCCCCCCNc1c2c(cc(OC)c1OC)C(CCCCCCC)=[N+](Cc1c(F)cccc1F)CC2. The van der Waals surface area contributed by atoms with Gasteiger partial charge in [0.2, 0.25) is 0 Å². The molecule has 0 saturated carbocycles. The lowest BCUT2D eigenvalue weighted by atomic mass is 9.90. The van der Waals surface area contributed by atoms with Crippen LogP contribution in [0.4, 0.5) is 14.5 Å². The molecule has 0 aromatic heterocycles. The fraction of sp³-hybridized carbons (Fsp3) is 0.606. The van der Waals surface area contributed by atoms with Gasteiger partial charge < -0.3 is 14.8 Å². The summed E-state index contributed by atoms with van der Waals surface area (Å²) in [6, 6.07) is 6.18. The van der Waals surface area contributed by atoms with Crippen molar-refractivity contribution >= 4 is 11.4 Å². The summed E-state index contributed by atoms with van der Waals surface area (Å²) < 4.78 is 43.1. The molecule has 1 N–H and O–H groups in total. The van der Waals surface area contributed by atoms with Gasteiger partial charge in [-0.3, -0.25) is 0 Å². The van der Waals surface area contributed by atoms with Gasteiger partial charge in [-0.25, -0.2) is 13.4 Å². The highest BCUT2D eigenvalue weighted by atomic mass is 19.1. The molecule has 0 unspecified atom stereocenters. The van der Waals surface area contributed by atoms with Crippen molar-refractivity contribution in [2.24, 2.45) is 0 Å². The lowest BCUT2D eigenvalue weighted by molar-refractivity contribution is -0.546. The predicted octanol–water partition coefficient (Wildman–Crippen LogP) is 8.67. The third kappa shape index (κ3) is 8.43. The zero-order valence-corrected chi connectivity index (χ0v) is 24.6. The molecule has 2 aromatic carbocycles. The number of fused-ring (bicyclic) bond motifs is 1. The zero-order chi connectivity index (χ0) is 28.0. The minimum atomic E-state index is -0.489. The Hall–Kier alpha value is -2.63. The average molecular weight is 544 g/mol. The maximum Gasteiger partial charge on any atom is 0.184 e. The average Bonchev–Trinajstić information content (AvgIpc) is 2.94. The number of rotatable bonds is 18. The van der Waals surface area contributed by atoms with Crippen molar-refractivity contribution in [2.45, 2.75) is 104 Å². The number of anilines is 1. The second-order valence-electron chi connectivity index (χ2n) is 10.7. The predicted molar refractivity (Wildman–Crippen MR) is 158 cm³/mol. The van der Waals surface area contributed by atoms with Gasteiger partial charge in [0, 0.05) is 19.4 Å². The van der Waals surface area contributed by atoms with E-state index in [1.807, 2.05) is 0 Å². The van der Waals surface area contributed by atoms with Crippen LogP contribution in [0, 0.1) is 11.6 Å². The smallest absolute Gasteiger partial charge is 0.184 e. The third-order valence-corrected chi connectivity index (χ3v) is 7.86. The highest BCUT2D eigenvalue weighted by molar-refractivity contribution is 6.01. The Balaban J connectivity index is 1.95. The van der Waals surface area contributed by atoms with Crippen LogP contribution in [0.3, 0.4) is 0 Å². The minimum Gasteiger partial charge on any atom is -0.493 e. The van der Waals surface area contributed by atoms with Gasteiger partial charge in [0.15, 0.2) is 23.8 Å². The highest BCUT2D eigenvalue weighted by Crippen LogP contribution is 2.42. The first kappa shape index (κ1) is 30.9. The van der Waals surface area contributed by atoms with E-state index in [1.54, 1.807) is 14.2 Å². The molecule has 1 aliphatic rings. The molecule has 0 amide bonds. The van der Waals surface area contributed by atoms with Crippen LogP contribution < -0.4 is 14.8 Å². The lowest BCUT2D eigenvalue weighted by Crippen LogP contribution is -2.31. The number of nitrogens with zero attached hydrogens (tertiary/aromatic N) is 1. The van der Waals surface area contributed by atoms with Crippen molar-refractivity contribution in [3.05, 3.63) is 52.6 Å². The number of ether oxygens (including phenoxy) is 2. The number of nitrogens with one attached hydrogen (secondary N) is 1. The van der Waals surface area contributed by atoms with Crippen LogP contribution in [0.15, 0.2) is 24.3 Å². The summed E-state index contributed by atoms with van der Waals surface area (Å²) >= 11 is 0. The molecule has 0 bridgehead atoms. The Morgan fingerprint density at radius 3 is 2.13 bits per heavy atom. The molecule has 1 aliphatic heterocycles. The number of hydrogen-bond donors (Lipinski definition) is 1. The lowest BCUT2D eigenvalue weighted by Gasteiger charge is -2.25. The summed E-state index contributed by atoms with van der Waals surface area (Å²) in [5.41, 5.74) is 4.59. The largest absolute Gasteiger partial charge is 0.493 e. The summed E-state index contributed by atoms with van der Waals surface area (Å²) in [5, 5.41) is 3.69. The van der Waals surface area contributed by atoms with Crippen LogP contribution >= 0.6 is 0 Å². The van der Waals surface area contributed by atoms with E-state index in [0.717, 1.165) is 61.4 Å². The van der Waals surface area contributed by atoms with Gasteiger partial charge in [-0.15, -0.1) is 0 Å². The molecule has 216 valence electrons. The number of methoxy groups -OCH3 is 2. The highest BCUT2D eigenvalue weighted by Gasteiger charge is 2.32. The first-order valence-corrected chi connectivity index (χ1v) is 15.1. The number of unbranched alkanes of at least 4 members (excludes halogenated alkanes) is 9.